The van der Waals surface area contributed by atoms with E-state index in [1.54, 1.807) is 57.6 Å². The maximum absolute atomic E-state index is 12.1. The average Bonchev–Trinajstić information content (AvgIpc) is 4.33. The summed E-state index contributed by atoms with van der Waals surface area (Å²) in [6.45, 7) is 28.5. The number of halogens is 3. The van der Waals surface area contributed by atoms with Crippen molar-refractivity contribution >= 4 is 156 Å². The highest BCUT2D eigenvalue weighted by Gasteiger charge is 2.26. The van der Waals surface area contributed by atoms with Gasteiger partial charge in [0.2, 0.25) is 9.23 Å². The first-order valence-corrected chi connectivity index (χ1v) is 37.5. The van der Waals surface area contributed by atoms with Crippen LogP contribution in [0.25, 0.3) is 0 Å². The van der Waals surface area contributed by atoms with E-state index in [0.29, 0.717) is 91.5 Å². The predicted octanol–water partition coefficient (Wildman–Crippen LogP) is 14.7. The monoisotopic (exact) mass is 1400 g/mol. The number of aromatic nitrogens is 6. The maximum Gasteiger partial charge on any atom is 0.350 e. The molecule has 0 bridgehead atoms. The fourth-order valence-corrected chi connectivity index (χ4v) is 14.1. The number of aliphatic hydroxyl groups excluding tert-OH is 1. The molecule has 36 heteroatoms. The van der Waals surface area contributed by atoms with Gasteiger partial charge in [0.25, 0.3) is 0 Å². The van der Waals surface area contributed by atoms with E-state index in [2.05, 4.69) is 51.3 Å². The van der Waals surface area contributed by atoms with Crippen LogP contribution in [0, 0.1) is 27.7 Å². The summed E-state index contributed by atoms with van der Waals surface area (Å²) in [6, 6.07) is 0. The fraction of sp³-hybridized carbons (Fsp3) is 0.565. The Bertz CT molecular complexity index is 2500. The minimum atomic E-state index is -3.01. The van der Waals surface area contributed by atoms with Crippen LogP contribution < -0.4 is 11.5 Å². The molecule has 0 aliphatic rings. The van der Waals surface area contributed by atoms with Gasteiger partial charge in [-0.25, -0.2) is 43.7 Å². The number of carbonyl (C=O) groups is 2. The summed E-state index contributed by atoms with van der Waals surface area (Å²) in [7, 11) is 0.327. The largest absolute Gasteiger partial charge is 0.462 e. The Morgan fingerprint density at radius 3 is 1.09 bits per heavy atom. The van der Waals surface area contributed by atoms with Crippen molar-refractivity contribution in [1.82, 2.24) is 29.9 Å². The molecule has 0 saturated carbocycles. The lowest BCUT2D eigenvalue weighted by Crippen LogP contribution is -2.01. The molecule has 0 aromatic carbocycles. The molecule has 0 amide bonds. The third-order valence-electron chi connectivity index (χ3n) is 7.67. The van der Waals surface area contributed by atoms with Gasteiger partial charge in [0.15, 0.2) is 10.3 Å². The van der Waals surface area contributed by atoms with Gasteiger partial charge in [0.05, 0.1) is 122 Å². The number of nitrogens with zero attached hydrogens (tertiary/aromatic N) is 6. The minimum absolute atomic E-state index is 0.117. The van der Waals surface area contributed by atoms with Crippen LogP contribution in [-0.2, 0) is 84.3 Å². The molecule has 6 aromatic heterocycles. The van der Waals surface area contributed by atoms with Gasteiger partial charge in [-0.3, -0.25) is 9.13 Å². The Labute approximate surface area is 523 Å². The molecule has 0 fully saturated rings. The zero-order chi connectivity index (χ0) is 62.5. The van der Waals surface area contributed by atoms with Crippen LogP contribution in [0.1, 0.15) is 121 Å². The summed E-state index contributed by atoms with van der Waals surface area (Å²) in [6.07, 6.45) is 10.3. The molecule has 0 aliphatic heterocycles. The average molecular weight is 1400 g/mol. The molecular weight excluding hydrogens is 1330 g/mol. The molecular formula is C46H76Cl3N8O15P3S7. The highest BCUT2D eigenvalue weighted by molar-refractivity contribution is 8.26. The minimum Gasteiger partial charge on any atom is -0.462 e. The molecule has 0 radical (unpaired) electrons. The van der Waals surface area contributed by atoms with Gasteiger partial charge in [-0.2, -0.15) is 0 Å². The van der Waals surface area contributed by atoms with E-state index in [4.69, 9.17) is 73.5 Å². The number of nitrogens with two attached hydrogens (primary N) is 2. The number of aliphatic hydroxyl groups is 1. The van der Waals surface area contributed by atoms with Crippen molar-refractivity contribution in [2.45, 2.75) is 115 Å². The van der Waals surface area contributed by atoms with Crippen molar-refractivity contribution in [2.75, 3.05) is 70.9 Å². The Hall–Kier alpha value is -2.09. The normalized spacial score (nSPS) is 10.6. The van der Waals surface area contributed by atoms with Gasteiger partial charge in [-0.05, 0) is 90.0 Å². The van der Waals surface area contributed by atoms with Crippen LogP contribution in [0.15, 0.2) is 37.2 Å². The van der Waals surface area contributed by atoms with Gasteiger partial charge >= 0.3 is 35.7 Å². The molecule has 0 unspecified atom stereocenters. The molecule has 23 nitrogen and oxygen atoms in total. The second kappa shape index (κ2) is 50.0. The topological polar surface area (TPSA) is 318 Å². The first-order chi connectivity index (χ1) is 38.9. The summed E-state index contributed by atoms with van der Waals surface area (Å²) in [5.41, 5.74) is 10.8. The summed E-state index contributed by atoms with van der Waals surface area (Å²) in [4.78, 5) is 50.4. The molecule has 0 saturated heterocycles. The van der Waals surface area contributed by atoms with Crippen molar-refractivity contribution in [3.63, 3.8) is 0 Å². The van der Waals surface area contributed by atoms with E-state index in [0.717, 1.165) is 50.9 Å². The summed E-state index contributed by atoms with van der Waals surface area (Å²) in [5.74, 6) is -0.0503. The zero-order valence-corrected chi connectivity index (χ0v) is 58.7. The number of anilines is 2. The van der Waals surface area contributed by atoms with Gasteiger partial charge in [-0.1, -0.05) is 11.3 Å². The third-order valence-corrected chi connectivity index (χ3v) is 19.3. The van der Waals surface area contributed by atoms with E-state index >= 15 is 0 Å². The van der Waals surface area contributed by atoms with Crippen LogP contribution in [0.3, 0.4) is 0 Å². The van der Waals surface area contributed by atoms with Gasteiger partial charge in [0.1, 0.15) is 9.75 Å². The molecule has 6 heterocycles. The number of carbonyl (C=O) groups excluding carboxylic acids is 2. The molecule has 0 atom stereocenters. The first kappa shape index (κ1) is 82.0. The lowest BCUT2D eigenvalue weighted by atomic mass is 10.6. The van der Waals surface area contributed by atoms with Crippen molar-refractivity contribution in [2.24, 2.45) is 0 Å². The molecule has 6 aromatic rings. The highest BCUT2D eigenvalue weighted by Crippen LogP contribution is 2.53. The number of hydrogen-bond donors (Lipinski definition) is 3. The van der Waals surface area contributed by atoms with Crippen molar-refractivity contribution < 1.29 is 69.2 Å². The van der Waals surface area contributed by atoms with E-state index < -0.39 is 33.0 Å². The molecule has 6 rings (SSSR count). The summed E-state index contributed by atoms with van der Waals surface area (Å²) >= 11 is 14.0. The standard InChI is InChI=1S/C9H16NO3PS.C8H15N2O3PS.C7H9NO2S.C6H8N2O2S.C6H15O3P.C5H6ClNS.C5H7NOS.Cl2OS/c1-4-12-14(11,13-5-2)7-9-6-10-8(3)15-9;1-3-12-14(11,13-4-2)6-7-5-10-8(9)15-7;1-3-10-7(9)6-4-8-5(2)11-6;1-2-10-5(9)4-3-8-6(7)11-4;1-4-7-10(8-5-2)9-6-3;1-4-7-3-5(2-6)8-4;1-4-6-2-5(3-7)8-4;1-4(2)3/h6H,4-5,7H2,1-3H3;5H,3-4,6H2,1-2H3,(H2,9,10);4H,3H2,1-2H3;3H,2H2,1H3,(H2,7,8);4-6H2,1-3H3;3H,2H2,1H3;2,7H,3H2,1H3;. The smallest absolute Gasteiger partial charge is 0.350 e. The van der Waals surface area contributed by atoms with Crippen molar-refractivity contribution in [3.8, 4) is 0 Å². The second-order valence-electron chi connectivity index (χ2n) is 14.1. The number of nitrogen functional groups attached to an aromatic ring is 2. The van der Waals surface area contributed by atoms with Gasteiger partial charge in [0, 0.05) is 60.8 Å². The SMILES string of the molecule is CCOC(=O)c1cnc(C)s1.CCOC(=O)c1cnc(N)s1.CCOP(=O)(Cc1cnc(C)s1)OCC.CCOP(=O)(Cc1cnc(N)s1)OCC.CCOP(OCC)OCC.Cc1ncc(CCl)s1.Cc1ncc(CO)s1.O=S(Cl)Cl. The van der Waals surface area contributed by atoms with Crippen molar-refractivity contribution in [1.29, 1.82) is 0 Å². The molecule has 5 N–H and O–H groups in total. The van der Waals surface area contributed by atoms with Crippen LogP contribution in [-0.4, -0.2) is 111 Å². The van der Waals surface area contributed by atoms with Gasteiger partial charge in [-0.15, -0.1) is 68.3 Å². The lowest BCUT2D eigenvalue weighted by molar-refractivity contribution is 0.0522. The Morgan fingerprint density at radius 1 is 0.512 bits per heavy atom. The summed E-state index contributed by atoms with van der Waals surface area (Å²) in [5, 5.41) is 13.3. The number of ether oxygens (including phenoxy) is 2. The maximum atomic E-state index is 12.1. The summed E-state index contributed by atoms with van der Waals surface area (Å²) < 4.78 is 78.9. The quantitative estimate of drug-likeness (QED) is 0.0219. The van der Waals surface area contributed by atoms with E-state index in [1.165, 1.54) is 57.7 Å². The Kier molecular flexibility index (Phi) is 49.9. The van der Waals surface area contributed by atoms with Gasteiger partial charge < -0.3 is 57.7 Å². The van der Waals surface area contributed by atoms with E-state index in [1.807, 2.05) is 68.5 Å². The second-order valence-corrected chi connectivity index (χ2v) is 29.6. The van der Waals surface area contributed by atoms with Crippen LogP contribution in [0.2, 0.25) is 0 Å². The van der Waals surface area contributed by atoms with Crippen LogP contribution >= 0.6 is 125 Å². The number of alkyl halides is 1. The number of aryl methyl sites for hydroxylation is 4. The Morgan fingerprint density at radius 2 is 0.829 bits per heavy atom. The van der Waals surface area contributed by atoms with E-state index in [9.17, 15) is 18.7 Å². The lowest BCUT2D eigenvalue weighted by Gasteiger charge is -2.15. The molecule has 468 valence electrons. The van der Waals surface area contributed by atoms with Crippen LogP contribution in [0.5, 0.6) is 0 Å². The number of hydrogen-bond acceptors (Lipinski definition) is 29. The number of rotatable bonds is 24. The third kappa shape index (κ3) is 41.9. The highest BCUT2D eigenvalue weighted by atomic mass is 36.0. The number of thiazole rings is 6. The molecule has 0 spiro atoms. The van der Waals surface area contributed by atoms with E-state index in [-0.39, 0.29) is 24.7 Å². The molecule has 82 heavy (non-hydrogen) atoms. The van der Waals surface area contributed by atoms with Crippen LogP contribution in [0.4, 0.5) is 10.3 Å². The Balaban J connectivity index is 0. The van der Waals surface area contributed by atoms with Crippen molar-refractivity contribution in [3.05, 3.63) is 86.5 Å². The predicted molar refractivity (Wildman–Crippen MR) is 339 cm³/mol. The zero-order valence-electron chi connectivity index (χ0n) is 48.0. The molecule has 0 aliphatic carbocycles. The first-order valence-electron chi connectivity index (χ1n) is 24.7. The number of esters is 2. The fourth-order valence-electron chi connectivity index (χ4n) is 4.92.